The van der Waals surface area contributed by atoms with Gasteiger partial charge < -0.3 is 10.8 Å². The highest BCUT2D eigenvalue weighted by Gasteiger charge is 2.58. The molecule has 0 aromatic carbocycles. The summed E-state index contributed by atoms with van der Waals surface area (Å²) in [7, 11) is 0. The van der Waals surface area contributed by atoms with E-state index in [2.05, 4.69) is 0 Å². The second kappa shape index (κ2) is 2.46. The Morgan fingerprint density at radius 3 is 2.33 bits per heavy atom. The van der Waals surface area contributed by atoms with Crippen LogP contribution in [-0.4, -0.2) is 17.3 Å². The van der Waals surface area contributed by atoms with E-state index in [0.29, 0.717) is 12.5 Å². The third-order valence-corrected chi connectivity index (χ3v) is 4.22. The van der Waals surface area contributed by atoms with E-state index in [4.69, 9.17) is 5.73 Å². The summed E-state index contributed by atoms with van der Waals surface area (Å²) < 4.78 is 0. The molecule has 2 aliphatic rings. The highest BCUT2D eigenvalue weighted by Crippen LogP contribution is 2.58. The lowest BCUT2D eigenvalue weighted by molar-refractivity contribution is -0.0899. The molecule has 0 heterocycles. The van der Waals surface area contributed by atoms with Gasteiger partial charge in [0.05, 0.1) is 5.60 Å². The van der Waals surface area contributed by atoms with Crippen molar-refractivity contribution in [3.8, 4) is 0 Å². The molecule has 0 aromatic heterocycles. The molecule has 0 bridgehead atoms. The molecule has 2 fully saturated rings. The molecule has 1 unspecified atom stereocenters. The molecule has 2 nitrogen and oxygen atoms in total. The first-order chi connectivity index (χ1) is 5.62. The van der Waals surface area contributed by atoms with Crippen LogP contribution in [-0.2, 0) is 0 Å². The number of nitrogens with two attached hydrogens (primary N) is 1. The first-order valence-electron chi connectivity index (χ1n) is 5.05. The monoisotopic (exact) mass is 169 g/mol. The Hall–Kier alpha value is -0.0800. The third kappa shape index (κ3) is 0.944. The van der Waals surface area contributed by atoms with Crippen LogP contribution in [0, 0.1) is 11.3 Å². The molecule has 12 heavy (non-hydrogen) atoms. The molecule has 2 rings (SSSR count). The van der Waals surface area contributed by atoms with Crippen LogP contribution in [0.4, 0.5) is 0 Å². The van der Waals surface area contributed by atoms with Crippen LogP contribution in [0.1, 0.15) is 39.0 Å². The van der Waals surface area contributed by atoms with Gasteiger partial charge in [0, 0.05) is 12.0 Å². The summed E-state index contributed by atoms with van der Waals surface area (Å²) in [6.07, 6.45) is 5.96. The van der Waals surface area contributed by atoms with Crippen molar-refractivity contribution in [3.63, 3.8) is 0 Å². The van der Waals surface area contributed by atoms with Crippen molar-refractivity contribution in [2.75, 3.05) is 6.54 Å². The van der Waals surface area contributed by atoms with E-state index in [1.807, 2.05) is 6.92 Å². The summed E-state index contributed by atoms with van der Waals surface area (Å²) in [5, 5.41) is 10.3. The van der Waals surface area contributed by atoms with E-state index in [0.717, 1.165) is 12.8 Å². The van der Waals surface area contributed by atoms with Crippen molar-refractivity contribution in [2.24, 2.45) is 17.1 Å². The number of hydrogen-bond donors (Lipinski definition) is 2. The van der Waals surface area contributed by atoms with Gasteiger partial charge in [-0.1, -0.05) is 6.42 Å². The second-order valence-electron chi connectivity index (χ2n) is 4.76. The van der Waals surface area contributed by atoms with Gasteiger partial charge in [-0.05, 0) is 38.5 Å². The number of aliphatic hydroxyl groups is 1. The lowest BCUT2D eigenvalue weighted by Gasteiger charge is -2.44. The Morgan fingerprint density at radius 1 is 1.50 bits per heavy atom. The molecule has 0 amide bonds. The van der Waals surface area contributed by atoms with Gasteiger partial charge in [-0.3, -0.25) is 0 Å². The van der Waals surface area contributed by atoms with E-state index in [9.17, 15) is 5.11 Å². The average molecular weight is 169 g/mol. The van der Waals surface area contributed by atoms with Crippen LogP contribution in [0.3, 0.4) is 0 Å². The largest absolute Gasteiger partial charge is 0.389 e. The van der Waals surface area contributed by atoms with Gasteiger partial charge in [-0.2, -0.15) is 0 Å². The Balaban J connectivity index is 2.08. The van der Waals surface area contributed by atoms with Crippen LogP contribution >= 0.6 is 0 Å². The summed E-state index contributed by atoms with van der Waals surface area (Å²) in [6.45, 7) is 2.66. The fraction of sp³-hybridized carbons (Fsp3) is 1.00. The smallest absolute Gasteiger partial charge is 0.0715 e. The topological polar surface area (TPSA) is 46.2 Å². The van der Waals surface area contributed by atoms with Crippen LogP contribution < -0.4 is 5.73 Å². The molecule has 0 radical (unpaired) electrons. The van der Waals surface area contributed by atoms with Crippen molar-refractivity contribution < 1.29 is 5.11 Å². The van der Waals surface area contributed by atoms with Crippen molar-refractivity contribution in [1.82, 2.24) is 0 Å². The molecule has 0 aromatic rings. The minimum Gasteiger partial charge on any atom is -0.389 e. The minimum atomic E-state index is -0.472. The quantitative estimate of drug-likeness (QED) is 0.668. The Labute approximate surface area is 74.1 Å². The molecule has 0 spiro atoms. The third-order valence-electron chi connectivity index (χ3n) is 4.22. The second-order valence-corrected chi connectivity index (χ2v) is 4.76. The van der Waals surface area contributed by atoms with Crippen molar-refractivity contribution >= 4 is 0 Å². The average Bonchev–Trinajstić information content (AvgIpc) is 2.60. The first-order valence-corrected chi connectivity index (χ1v) is 5.05. The lowest BCUT2D eigenvalue weighted by atomic mass is 9.66. The number of hydrogen-bond acceptors (Lipinski definition) is 2. The molecule has 0 aliphatic heterocycles. The fourth-order valence-corrected chi connectivity index (χ4v) is 2.47. The lowest BCUT2D eigenvalue weighted by Crippen LogP contribution is -2.49. The molecule has 1 atom stereocenters. The first kappa shape index (κ1) is 8.52. The summed E-state index contributed by atoms with van der Waals surface area (Å²) in [5.74, 6) is 0.531. The Morgan fingerprint density at radius 2 is 2.08 bits per heavy atom. The SMILES string of the molecule is CC(O)(C1CCC1)C1(CN)CC1. The Kier molecular flexibility index (Phi) is 1.74. The Bertz CT molecular complexity index is 180. The zero-order valence-electron chi connectivity index (χ0n) is 7.84. The highest BCUT2D eigenvalue weighted by atomic mass is 16.3. The van der Waals surface area contributed by atoms with Crippen LogP contribution in [0.5, 0.6) is 0 Å². The van der Waals surface area contributed by atoms with Gasteiger partial charge >= 0.3 is 0 Å². The molecular weight excluding hydrogens is 150 g/mol. The van der Waals surface area contributed by atoms with E-state index >= 15 is 0 Å². The molecule has 2 aliphatic carbocycles. The molecule has 0 saturated heterocycles. The molecule has 2 heteroatoms. The predicted octanol–water partition coefficient (Wildman–Crippen LogP) is 1.28. The maximum atomic E-state index is 10.3. The van der Waals surface area contributed by atoms with E-state index in [1.54, 1.807) is 0 Å². The van der Waals surface area contributed by atoms with E-state index in [-0.39, 0.29) is 5.41 Å². The van der Waals surface area contributed by atoms with Crippen molar-refractivity contribution in [3.05, 3.63) is 0 Å². The van der Waals surface area contributed by atoms with Crippen LogP contribution in [0.2, 0.25) is 0 Å². The standard InChI is InChI=1S/C10H19NO/c1-9(12,8-3-2-4-8)10(7-11)5-6-10/h8,12H,2-7,11H2,1H3. The van der Waals surface area contributed by atoms with Crippen molar-refractivity contribution in [2.45, 2.75) is 44.6 Å². The predicted molar refractivity (Wildman–Crippen MR) is 48.7 cm³/mol. The molecule has 70 valence electrons. The summed E-state index contributed by atoms with van der Waals surface area (Å²) in [4.78, 5) is 0. The summed E-state index contributed by atoms with van der Waals surface area (Å²) in [6, 6.07) is 0. The minimum absolute atomic E-state index is 0.0953. The van der Waals surface area contributed by atoms with E-state index < -0.39 is 5.60 Å². The van der Waals surface area contributed by atoms with Crippen molar-refractivity contribution in [1.29, 1.82) is 0 Å². The van der Waals surface area contributed by atoms with Gasteiger partial charge in [0.1, 0.15) is 0 Å². The van der Waals surface area contributed by atoms with Crippen LogP contribution in [0.15, 0.2) is 0 Å². The zero-order chi connectivity index (χ0) is 8.82. The number of rotatable bonds is 3. The summed E-state index contributed by atoms with van der Waals surface area (Å²) >= 11 is 0. The van der Waals surface area contributed by atoms with Crippen LogP contribution in [0.25, 0.3) is 0 Å². The zero-order valence-corrected chi connectivity index (χ0v) is 7.84. The molecule has 2 saturated carbocycles. The maximum absolute atomic E-state index is 10.3. The van der Waals surface area contributed by atoms with Gasteiger partial charge in [-0.15, -0.1) is 0 Å². The van der Waals surface area contributed by atoms with Gasteiger partial charge in [0.15, 0.2) is 0 Å². The van der Waals surface area contributed by atoms with Gasteiger partial charge in [0.2, 0.25) is 0 Å². The fourth-order valence-electron chi connectivity index (χ4n) is 2.47. The van der Waals surface area contributed by atoms with Gasteiger partial charge in [0.25, 0.3) is 0 Å². The van der Waals surface area contributed by atoms with E-state index in [1.165, 1.54) is 19.3 Å². The molecular formula is C10H19NO. The van der Waals surface area contributed by atoms with Gasteiger partial charge in [-0.25, -0.2) is 0 Å². The summed E-state index contributed by atoms with van der Waals surface area (Å²) in [5.41, 5.74) is 5.33. The highest BCUT2D eigenvalue weighted by molar-refractivity contribution is 5.10. The normalized spacial score (nSPS) is 32.2. The molecule has 3 N–H and O–H groups in total. The maximum Gasteiger partial charge on any atom is 0.0715 e.